The molecular weight excluding hydrogens is 214 g/mol. The monoisotopic (exact) mass is 241 g/mol. The molecule has 1 aliphatic carbocycles. The number of aliphatic hydroxyl groups excluding tert-OH is 1. The van der Waals surface area contributed by atoms with Gasteiger partial charge in [0.15, 0.2) is 0 Å². The zero-order valence-electron chi connectivity index (χ0n) is 11.4. The second-order valence-corrected chi connectivity index (χ2v) is 6.62. The molecule has 4 heteroatoms. The van der Waals surface area contributed by atoms with Crippen LogP contribution in [-0.2, 0) is 0 Å². The minimum atomic E-state index is -0.321. The van der Waals surface area contributed by atoms with E-state index in [1.165, 1.54) is 0 Å². The van der Waals surface area contributed by atoms with Crippen molar-refractivity contribution in [2.75, 3.05) is 33.3 Å². The van der Waals surface area contributed by atoms with Crippen molar-refractivity contribution < 1.29 is 5.11 Å². The summed E-state index contributed by atoms with van der Waals surface area (Å²) in [5.41, 5.74) is 6.09. The average molecular weight is 241 g/mol. The lowest BCUT2D eigenvalue weighted by Crippen LogP contribution is -2.59. The Hall–Kier alpha value is -0.160. The average Bonchev–Trinajstić information content (AvgIpc) is 2.66. The molecule has 0 aromatic rings. The zero-order chi connectivity index (χ0) is 12.7. The van der Waals surface area contributed by atoms with Crippen molar-refractivity contribution >= 4 is 0 Å². The number of nitrogens with zero attached hydrogens (tertiary/aromatic N) is 2. The molecule has 2 atom stereocenters. The Balaban J connectivity index is 1.97. The lowest BCUT2D eigenvalue weighted by molar-refractivity contribution is 0.0160. The van der Waals surface area contributed by atoms with Crippen molar-refractivity contribution in [2.45, 2.75) is 50.2 Å². The van der Waals surface area contributed by atoms with E-state index in [1.54, 1.807) is 0 Å². The van der Waals surface area contributed by atoms with E-state index in [9.17, 15) is 5.11 Å². The van der Waals surface area contributed by atoms with Crippen molar-refractivity contribution in [3.8, 4) is 0 Å². The molecule has 100 valence electrons. The number of piperazine rings is 1. The zero-order valence-corrected chi connectivity index (χ0v) is 11.4. The largest absolute Gasteiger partial charge is 0.394 e. The molecule has 0 aromatic carbocycles. The molecule has 2 fully saturated rings. The molecule has 0 aromatic heterocycles. The van der Waals surface area contributed by atoms with Gasteiger partial charge < -0.3 is 10.8 Å². The highest BCUT2D eigenvalue weighted by Crippen LogP contribution is 2.33. The van der Waals surface area contributed by atoms with Crippen molar-refractivity contribution in [3.05, 3.63) is 0 Å². The number of aliphatic hydroxyl groups is 1. The van der Waals surface area contributed by atoms with Gasteiger partial charge in [-0.15, -0.1) is 0 Å². The third kappa shape index (κ3) is 2.65. The molecule has 0 spiro atoms. The van der Waals surface area contributed by atoms with Gasteiger partial charge in [-0.3, -0.25) is 9.80 Å². The summed E-state index contributed by atoms with van der Waals surface area (Å²) in [6.45, 7) is 8.09. The summed E-state index contributed by atoms with van der Waals surface area (Å²) in [5.74, 6) is 0. The van der Waals surface area contributed by atoms with E-state index in [2.05, 4.69) is 30.7 Å². The van der Waals surface area contributed by atoms with Crippen LogP contribution < -0.4 is 5.73 Å². The maximum absolute atomic E-state index is 9.33. The van der Waals surface area contributed by atoms with E-state index in [4.69, 9.17) is 5.73 Å². The Kier molecular flexibility index (Phi) is 3.51. The van der Waals surface area contributed by atoms with Crippen LogP contribution in [-0.4, -0.2) is 65.3 Å². The van der Waals surface area contributed by atoms with Gasteiger partial charge in [0.1, 0.15) is 0 Å². The molecule has 1 saturated carbocycles. The lowest BCUT2D eigenvalue weighted by Gasteiger charge is -2.47. The highest BCUT2D eigenvalue weighted by Gasteiger charge is 2.41. The number of likely N-dealkylation sites (N-methyl/N-ethyl adjacent to an activating group) is 1. The fraction of sp³-hybridized carbons (Fsp3) is 1.00. The summed E-state index contributed by atoms with van der Waals surface area (Å²) in [7, 11) is 2.20. The third-order valence-electron chi connectivity index (χ3n) is 4.79. The van der Waals surface area contributed by atoms with Crippen LogP contribution in [0.15, 0.2) is 0 Å². The van der Waals surface area contributed by atoms with Crippen molar-refractivity contribution in [3.63, 3.8) is 0 Å². The first-order valence-corrected chi connectivity index (χ1v) is 6.71. The lowest BCUT2D eigenvalue weighted by atomic mass is 9.96. The van der Waals surface area contributed by atoms with Crippen molar-refractivity contribution in [1.82, 2.24) is 9.80 Å². The van der Waals surface area contributed by atoms with Gasteiger partial charge in [-0.05, 0) is 40.2 Å². The Labute approximate surface area is 105 Å². The first kappa shape index (κ1) is 13.3. The van der Waals surface area contributed by atoms with Crippen LogP contribution in [0.2, 0.25) is 0 Å². The van der Waals surface area contributed by atoms with Crippen LogP contribution in [0, 0.1) is 0 Å². The SMILES string of the molecule is CN1CCN(C2CCC(N)(CO)C2)CC1(C)C. The standard InChI is InChI=1S/C13H27N3O/c1-12(2)9-16(7-6-15(12)3)11-4-5-13(14,8-11)10-17/h11,17H,4-10,14H2,1-3H3. The van der Waals surface area contributed by atoms with Gasteiger partial charge in [-0.2, -0.15) is 0 Å². The molecule has 2 unspecified atom stereocenters. The molecule has 0 radical (unpaired) electrons. The van der Waals surface area contributed by atoms with Gasteiger partial charge >= 0.3 is 0 Å². The number of hydrogen-bond donors (Lipinski definition) is 2. The Morgan fingerprint density at radius 2 is 2.06 bits per heavy atom. The molecule has 1 saturated heterocycles. The molecule has 3 N–H and O–H groups in total. The van der Waals surface area contributed by atoms with Gasteiger partial charge in [0, 0.05) is 36.8 Å². The van der Waals surface area contributed by atoms with Gasteiger partial charge in [0.2, 0.25) is 0 Å². The van der Waals surface area contributed by atoms with E-state index in [0.29, 0.717) is 6.04 Å². The molecule has 1 aliphatic heterocycles. The van der Waals surface area contributed by atoms with Crippen molar-refractivity contribution in [2.24, 2.45) is 5.73 Å². The first-order chi connectivity index (χ1) is 7.86. The molecule has 2 aliphatic rings. The molecule has 4 nitrogen and oxygen atoms in total. The van der Waals surface area contributed by atoms with Crippen LogP contribution in [0.5, 0.6) is 0 Å². The summed E-state index contributed by atoms with van der Waals surface area (Å²) in [6, 6.07) is 0.570. The minimum Gasteiger partial charge on any atom is -0.394 e. The van der Waals surface area contributed by atoms with Crippen LogP contribution in [0.25, 0.3) is 0 Å². The van der Waals surface area contributed by atoms with E-state index in [1.807, 2.05) is 0 Å². The summed E-state index contributed by atoms with van der Waals surface area (Å²) in [5, 5.41) is 9.33. The van der Waals surface area contributed by atoms with Gasteiger partial charge in [0.05, 0.1) is 6.61 Å². The second-order valence-electron chi connectivity index (χ2n) is 6.62. The second kappa shape index (κ2) is 4.50. The van der Waals surface area contributed by atoms with Crippen LogP contribution in [0.4, 0.5) is 0 Å². The van der Waals surface area contributed by atoms with E-state index >= 15 is 0 Å². The van der Waals surface area contributed by atoms with E-state index in [0.717, 1.165) is 38.9 Å². The molecule has 1 heterocycles. The predicted octanol–water partition coefficient (Wildman–Crippen LogP) is 0.255. The predicted molar refractivity (Wildman–Crippen MR) is 69.9 cm³/mol. The molecule has 2 rings (SSSR count). The highest BCUT2D eigenvalue weighted by atomic mass is 16.3. The topological polar surface area (TPSA) is 52.7 Å². The smallest absolute Gasteiger partial charge is 0.0611 e. The van der Waals surface area contributed by atoms with E-state index in [-0.39, 0.29) is 17.7 Å². The summed E-state index contributed by atoms with van der Waals surface area (Å²) >= 11 is 0. The molecular formula is C13H27N3O. The summed E-state index contributed by atoms with van der Waals surface area (Å²) < 4.78 is 0. The maximum atomic E-state index is 9.33. The fourth-order valence-electron chi connectivity index (χ4n) is 3.17. The maximum Gasteiger partial charge on any atom is 0.0611 e. The summed E-state index contributed by atoms with van der Waals surface area (Å²) in [6.07, 6.45) is 3.04. The van der Waals surface area contributed by atoms with Gasteiger partial charge in [-0.1, -0.05) is 0 Å². The Morgan fingerprint density at radius 1 is 1.35 bits per heavy atom. The normalized spacial score (nSPS) is 39.7. The molecule has 17 heavy (non-hydrogen) atoms. The quantitative estimate of drug-likeness (QED) is 0.728. The first-order valence-electron chi connectivity index (χ1n) is 6.71. The Bertz CT molecular complexity index is 282. The van der Waals surface area contributed by atoms with Crippen molar-refractivity contribution in [1.29, 1.82) is 0 Å². The molecule has 0 bridgehead atoms. The Morgan fingerprint density at radius 3 is 2.59 bits per heavy atom. The fourth-order valence-corrected chi connectivity index (χ4v) is 3.17. The molecule has 0 amide bonds. The van der Waals surface area contributed by atoms with Gasteiger partial charge in [-0.25, -0.2) is 0 Å². The number of hydrogen-bond acceptors (Lipinski definition) is 4. The van der Waals surface area contributed by atoms with Crippen LogP contribution in [0.3, 0.4) is 0 Å². The summed E-state index contributed by atoms with van der Waals surface area (Å²) in [4.78, 5) is 5.00. The van der Waals surface area contributed by atoms with Gasteiger partial charge in [0.25, 0.3) is 0 Å². The third-order valence-corrected chi connectivity index (χ3v) is 4.79. The highest BCUT2D eigenvalue weighted by molar-refractivity contribution is 5.00. The number of rotatable bonds is 2. The minimum absolute atomic E-state index is 0.126. The van der Waals surface area contributed by atoms with Crippen LogP contribution >= 0.6 is 0 Å². The van der Waals surface area contributed by atoms with Crippen LogP contribution in [0.1, 0.15) is 33.1 Å². The van der Waals surface area contributed by atoms with E-state index < -0.39 is 0 Å². The number of nitrogens with two attached hydrogens (primary N) is 1.